The molecule has 0 bridgehead atoms. The number of benzene rings is 1. The van der Waals surface area contributed by atoms with Crippen molar-refractivity contribution >= 4 is 17.1 Å². The number of allylic oxidation sites excluding steroid dienone is 2. The molecule has 2 aliphatic heterocycles. The van der Waals surface area contributed by atoms with Gasteiger partial charge in [-0.25, -0.2) is 4.39 Å². The summed E-state index contributed by atoms with van der Waals surface area (Å²) in [5.74, 6) is -0.945. The highest BCUT2D eigenvalue weighted by atomic mass is 19.1. The Morgan fingerprint density at radius 2 is 2.12 bits per heavy atom. The second kappa shape index (κ2) is 10.2. The maximum atomic E-state index is 14.6. The second-order valence-electron chi connectivity index (χ2n) is 8.48. The summed E-state index contributed by atoms with van der Waals surface area (Å²) < 4.78 is 14.6. The van der Waals surface area contributed by atoms with Crippen LogP contribution in [0.3, 0.4) is 0 Å². The summed E-state index contributed by atoms with van der Waals surface area (Å²) >= 11 is 0. The average Bonchev–Trinajstić information content (AvgIpc) is 2.86. The zero-order valence-corrected chi connectivity index (χ0v) is 18.7. The van der Waals surface area contributed by atoms with E-state index in [9.17, 15) is 19.1 Å². The molecule has 2 aliphatic rings. The lowest BCUT2D eigenvalue weighted by Gasteiger charge is -2.32. The summed E-state index contributed by atoms with van der Waals surface area (Å²) in [5, 5.41) is 12.8. The number of hydrogen-bond acceptors (Lipinski definition) is 6. The molecule has 1 fully saturated rings. The quantitative estimate of drug-likeness (QED) is 0.633. The molecule has 4 rings (SSSR count). The van der Waals surface area contributed by atoms with E-state index in [4.69, 9.17) is 0 Å². The van der Waals surface area contributed by atoms with Crippen molar-refractivity contribution in [2.75, 3.05) is 32.8 Å². The number of ketones is 2. The maximum Gasteiger partial charge on any atom is 0.192 e. The Kier molecular flexibility index (Phi) is 7.11. The minimum Gasteiger partial charge on any atom is -0.395 e. The van der Waals surface area contributed by atoms with Gasteiger partial charge in [0.1, 0.15) is 5.82 Å². The molecule has 2 N–H and O–H groups in total. The SMILES string of the molecule is Cc1c(F)cccc1C1=C(C(=O)c2cccnc2)CN(CCO)C=C1C(=O)C1CCCNC1. The summed E-state index contributed by atoms with van der Waals surface area (Å²) in [7, 11) is 0. The third kappa shape index (κ3) is 4.79. The Balaban J connectivity index is 1.91. The predicted molar refractivity (Wildman–Crippen MR) is 124 cm³/mol. The molecule has 2 aromatic rings. The van der Waals surface area contributed by atoms with Crippen LogP contribution in [0, 0.1) is 18.7 Å². The summed E-state index contributed by atoms with van der Waals surface area (Å²) in [4.78, 5) is 33.2. The molecule has 0 radical (unpaired) electrons. The Labute approximate surface area is 192 Å². The van der Waals surface area contributed by atoms with Crippen molar-refractivity contribution in [1.82, 2.24) is 15.2 Å². The monoisotopic (exact) mass is 449 g/mol. The first-order chi connectivity index (χ1) is 16.0. The van der Waals surface area contributed by atoms with Crippen LogP contribution >= 0.6 is 0 Å². The topological polar surface area (TPSA) is 82.5 Å². The van der Waals surface area contributed by atoms with Gasteiger partial charge < -0.3 is 15.3 Å². The van der Waals surface area contributed by atoms with Gasteiger partial charge in [0.05, 0.1) is 6.61 Å². The van der Waals surface area contributed by atoms with Crippen LogP contribution in [-0.2, 0) is 4.79 Å². The Hall–Kier alpha value is -3.16. The van der Waals surface area contributed by atoms with E-state index in [0.29, 0.717) is 40.0 Å². The number of Topliss-reactive ketones (excluding diaryl/α,β-unsaturated/α-hetero) is 2. The standard InChI is InChI=1S/C26H28FN3O3/c1-17-20(7-2-8-23(17)27)24-21(25(32)18-5-3-9-28-13-18)15-30(11-12-31)16-22(24)26(33)19-6-4-10-29-14-19/h2-3,5,7-9,13,16,19,29,31H,4,6,10-12,14-15H2,1H3. The average molecular weight is 450 g/mol. The third-order valence-electron chi connectivity index (χ3n) is 6.30. The molecule has 33 heavy (non-hydrogen) atoms. The summed E-state index contributed by atoms with van der Waals surface area (Å²) in [6.07, 6.45) is 6.46. The number of nitrogens with one attached hydrogen (secondary N) is 1. The highest BCUT2D eigenvalue weighted by Gasteiger charge is 2.34. The molecule has 1 aromatic carbocycles. The van der Waals surface area contributed by atoms with Crippen molar-refractivity contribution in [2.24, 2.45) is 5.92 Å². The van der Waals surface area contributed by atoms with Crippen molar-refractivity contribution < 1.29 is 19.1 Å². The van der Waals surface area contributed by atoms with Gasteiger partial charge in [-0.05, 0) is 55.6 Å². The molecule has 3 heterocycles. The first-order valence-corrected chi connectivity index (χ1v) is 11.3. The number of rotatable bonds is 7. The summed E-state index contributed by atoms with van der Waals surface area (Å²) in [5.41, 5.74) is 2.60. The fraction of sp³-hybridized carbons (Fsp3) is 0.346. The third-order valence-corrected chi connectivity index (χ3v) is 6.30. The van der Waals surface area contributed by atoms with Crippen LogP contribution in [0.5, 0.6) is 0 Å². The highest BCUT2D eigenvalue weighted by Crippen LogP contribution is 2.37. The van der Waals surface area contributed by atoms with E-state index in [-0.39, 0.29) is 37.2 Å². The van der Waals surface area contributed by atoms with Crippen LogP contribution in [0.1, 0.15) is 34.3 Å². The number of aromatic nitrogens is 1. The molecular weight excluding hydrogens is 421 g/mol. The van der Waals surface area contributed by atoms with Gasteiger partial charge >= 0.3 is 0 Å². The smallest absolute Gasteiger partial charge is 0.192 e. The molecule has 0 spiro atoms. The van der Waals surface area contributed by atoms with Crippen molar-refractivity contribution in [2.45, 2.75) is 19.8 Å². The lowest BCUT2D eigenvalue weighted by atomic mass is 9.80. The summed E-state index contributed by atoms with van der Waals surface area (Å²) in [6, 6.07) is 8.09. The Morgan fingerprint density at radius 1 is 1.27 bits per heavy atom. The molecule has 1 unspecified atom stereocenters. The normalized spacial score (nSPS) is 18.8. The zero-order chi connectivity index (χ0) is 23.4. The van der Waals surface area contributed by atoms with Crippen LogP contribution in [0.2, 0.25) is 0 Å². The number of hydrogen-bond donors (Lipinski definition) is 2. The molecule has 1 atom stereocenters. The molecule has 172 valence electrons. The van der Waals surface area contributed by atoms with E-state index >= 15 is 0 Å². The van der Waals surface area contributed by atoms with Crippen LogP contribution < -0.4 is 5.32 Å². The number of aliphatic hydroxyl groups excluding tert-OH is 1. The molecule has 7 heteroatoms. The molecule has 1 aromatic heterocycles. The minimum absolute atomic E-state index is 0.0695. The van der Waals surface area contributed by atoms with Crippen molar-refractivity contribution in [3.63, 3.8) is 0 Å². The van der Waals surface area contributed by atoms with Gasteiger partial charge in [-0.2, -0.15) is 0 Å². The number of piperidine rings is 1. The lowest BCUT2D eigenvalue weighted by Crippen LogP contribution is -2.38. The number of β-amino-alcohol motifs (C(OH)–C–C–N with tert-alkyl or cyclic N) is 1. The highest BCUT2D eigenvalue weighted by molar-refractivity contribution is 6.21. The van der Waals surface area contributed by atoms with E-state index in [1.165, 1.54) is 12.3 Å². The number of carbonyl (C=O) groups is 2. The molecule has 0 aliphatic carbocycles. The molecule has 1 saturated heterocycles. The largest absolute Gasteiger partial charge is 0.395 e. The van der Waals surface area contributed by atoms with E-state index < -0.39 is 5.82 Å². The van der Waals surface area contributed by atoms with Crippen LogP contribution in [0.25, 0.3) is 5.57 Å². The zero-order valence-electron chi connectivity index (χ0n) is 18.7. The number of nitrogens with zero attached hydrogens (tertiary/aromatic N) is 2. The van der Waals surface area contributed by atoms with Gasteiger partial charge in [0.2, 0.25) is 0 Å². The van der Waals surface area contributed by atoms with Crippen LogP contribution in [0.15, 0.2) is 60.1 Å². The second-order valence-corrected chi connectivity index (χ2v) is 8.48. The lowest BCUT2D eigenvalue weighted by molar-refractivity contribution is -0.119. The van der Waals surface area contributed by atoms with Gasteiger partial charge in [0, 0.05) is 66.4 Å². The Morgan fingerprint density at radius 3 is 2.82 bits per heavy atom. The van der Waals surface area contributed by atoms with Gasteiger partial charge in [0.15, 0.2) is 11.6 Å². The summed E-state index contributed by atoms with van der Waals surface area (Å²) in [6.45, 7) is 3.46. The molecular formula is C26H28FN3O3. The van der Waals surface area contributed by atoms with Gasteiger partial charge in [-0.3, -0.25) is 14.6 Å². The Bertz CT molecular complexity index is 1110. The maximum absolute atomic E-state index is 14.6. The van der Waals surface area contributed by atoms with E-state index in [2.05, 4.69) is 10.3 Å². The van der Waals surface area contributed by atoms with Crippen molar-refractivity contribution in [1.29, 1.82) is 0 Å². The number of pyridine rings is 1. The first-order valence-electron chi connectivity index (χ1n) is 11.3. The predicted octanol–water partition coefficient (Wildman–Crippen LogP) is 2.93. The van der Waals surface area contributed by atoms with E-state index in [1.54, 1.807) is 48.5 Å². The molecule has 0 saturated carbocycles. The first kappa shape index (κ1) is 23.0. The van der Waals surface area contributed by atoms with E-state index in [0.717, 1.165) is 19.4 Å². The fourth-order valence-corrected chi connectivity index (χ4v) is 4.53. The van der Waals surface area contributed by atoms with Gasteiger partial charge in [-0.15, -0.1) is 0 Å². The molecule has 6 nitrogen and oxygen atoms in total. The number of carbonyl (C=O) groups excluding carboxylic acids is 2. The van der Waals surface area contributed by atoms with Crippen LogP contribution in [-0.4, -0.2) is 59.3 Å². The number of aliphatic hydroxyl groups is 1. The molecule has 0 amide bonds. The van der Waals surface area contributed by atoms with Crippen molar-refractivity contribution in [3.8, 4) is 0 Å². The van der Waals surface area contributed by atoms with Crippen molar-refractivity contribution in [3.05, 3.63) is 82.6 Å². The van der Waals surface area contributed by atoms with Gasteiger partial charge in [0.25, 0.3) is 0 Å². The fourth-order valence-electron chi connectivity index (χ4n) is 4.53. The van der Waals surface area contributed by atoms with E-state index in [1.807, 2.05) is 0 Å². The van der Waals surface area contributed by atoms with Crippen LogP contribution in [0.4, 0.5) is 4.39 Å². The number of halogens is 1. The van der Waals surface area contributed by atoms with Gasteiger partial charge in [-0.1, -0.05) is 12.1 Å². The minimum atomic E-state index is -0.392.